The topological polar surface area (TPSA) is 68.0 Å². The fraction of sp³-hybridized carbons (Fsp3) is 0.316. The molecule has 3 aromatic rings. The van der Waals surface area contributed by atoms with Gasteiger partial charge in [-0.2, -0.15) is 0 Å². The summed E-state index contributed by atoms with van der Waals surface area (Å²) in [5.41, 5.74) is 4.75. The molecule has 0 amide bonds. The van der Waals surface area contributed by atoms with Crippen molar-refractivity contribution in [2.45, 2.75) is 40.2 Å². The number of rotatable bonds is 6. The quantitative estimate of drug-likeness (QED) is 0.690. The Labute approximate surface area is 151 Å². The molecule has 0 bridgehead atoms. The molecule has 0 saturated carbocycles. The monoisotopic (exact) mass is 355 g/mol. The van der Waals surface area contributed by atoms with Gasteiger partial charge < -0.3 is 9.67 Å². The predicted molar refractivity (Wildman–Crippen MR) is 100 cm³/mol. The molecule has 0 unspecified atom stereocenters. The number of thiazole rings is 1. The van der Waals surface area contributed by atoms with E-state index in [0.29, 0.717) is 5.56 Å². The van der Waals surface area contributed by atoms with Crippen LogP contribution in [0.3, 0.4) is 0 Å². The van der Waals surface area contributed by atoms with E-state index in [9.17, 15) is 9.90 Å². The third-order valence-electron chi connectivity index (χ3n) is 4.26. The first kappa shape index (κ1) is 17.4. The zero-order valence-corrected chi connectivity index (χ0v) is 15.4. The van der Waals surface area contributed by atoms with Crippen molar-refractivity contribution >= 4 is 17.3 Å². The van der Waals surface area contributed by atoms with Gasteiger partial charge in [-0.25, -0.2) is 9.78 Å². The van der Waals surface area contributed by atoms with E-state index < -0.39 is 5.97 Å². The van der Waals surface area contributed by atoms with Gasteiger partial charge in [0.15, 0.2) is 0 Å². The molecule has 3 heterocycles. The maximum atomic E-state index is 11.5. The molecule has 0 radical (unpaired) electrons. The molecule has 0 aromatic carbocycles. The highest BCUT2D eigenvalue weighted by molar-refractivity contribution is 7.13. The standard InChI is InChI=1S/C19H21N3O2S/c1-4-5-8-22-13(3)15(19(23)24)9-17(22)16-11-25-18(21-16)14-7-6-12(2)20-10-14/h6-7,9-11H,4-5,8H2,1-3H3,(H,23,24). The van der Waals surface area contributed by atoms with E-state index in [1.54, 1.807) is 17.4 Å². The van der Waals surface area contributed by atoms with Gasteiger partial charge in [-0.15, -0.1) is 11.3 Å². The Bertz CT molecular complexity index is 894. The van der Waals surface area contributed by atoms with E-state index in [1.165, 1.54) is 0 Å². The molecule has 0 atom stereocenters. The molecule has 0 aliphatic rings. The molecule has 1 N–H and O–H groups in total. The van der Waals surface area contributed by atoms with Crippen LogP contribution in [0.15, 0.2) is 29.8 Å². The minimum Gasteiger partial charge on any atom is -0.478 e. The van der Waals surface area contributed by atoms with Crippen molar-refractivity contribution in [1.82, 2.24) is 14.5 Å². The molecule has 0 saturated heterocycles. The summed E-state index contributed by atoms with van der Waals surface area (Å²) in [4.78, 5) is 20.6. The van der Waals surface area contributed by atoms with Crippen LogP contribution in [0.1, 0.15) is 41.5 Å². The number of hydrogen-bond donors (Lipinski definition) is 1. The van der Waals surface area contributed by atoms with E-state index in [-0.39, 0.29) is 0 Å². The van der Waals surface area contributed by atoms with Crippen molar-refractivity contribution in [1.29, 1.82) is 0 Å². The lowest BCUT2D eigenvalue weighted by atomic mass is 10.2. The van der Waals surface area contributed by atoms with Crippen LogP contribution in [0.4, 0.5) is 0 Å². The maximum Gasteiger partial charge on any atom is 0.337 e. The van der Waals surface area contributed by atoms with E-state index >= 15 is 0 Å². The minimum absolute atomic E-state index is 0.345. The van der Waals surface area contributed by atoms with Gasteiger partial charge in [-0.3, -0.25) is 4.98 Å². The second kappa shape index (κ2) is 7.19. The van der Waals surface area contributed by atoms with E-state index in [2.05, 4.69) is 16.5 Å². The molecule has 3 rings (SSSR count). The molecule has 25 heavy (non-hydrogen) atoms. The smallest absolute Gasteiger partial charge is 0.337 e. The predicted octanol–water partition coefficient (Wildman–Crippen LogP) is 4.79. The number of aromatic carboxylic acids is 1. The van der Waals surface area contributed by atoms with Crippen LogP contribution in [0.5, 0.6) is 0 Å². The number of hydrogen-bond acceptors (Lipinski definition) is 4. The molecular formula is C19H21N3O2S. The van der Waals surface area contributed by atoms with Gasteiger partial charge in [-0.05, 0) is 38.5 Å². The van der Waals surface area contributed by atoms with Gasteiger partial charge in [0.05, 0.1) is 17.0 Å². The molecule has 0 spiro atoms. The molecule has 0 aliphatic heterocycles. The molecule has 130 valence electrons. The number of nitrogens with zero attached hydrogens (tertiary/aromatic N) is 3. The number of aryl methyl sites for hydroxylation is 1. The van der Waals surface area contributed by atoms with Gasteiger partial charge in [0, 0.05) is 35.1 Å². The Kier molecular flexibility index (Phi) is 4.99. The van der Waals surface area contributed by atoms with Gasteiger partial charge in [0.2, 0.25) is 0 Å². The summed E-state index contributed by atoms with van der Waals surface area (Å²) in [6.45, 7) is 6.74. The van der Waals surface area contributed by atoms with Gasteiger partial charge in [-0.1, -0.05) is 13.3 Å². The van der Waals surface area contributed by atoms with E-state index in [0.717, 1.165) is 52.7 Å². The number of carbonyl (C=O) groups is 1. The van der Waals surface area contributed by atoms with Crippen LogP contribution in [0.25, 0.3) is 22.0 Å². The minimum atomic E-state index is -0.896. The number of carboxylic acids is 1. The summed E-state index contributed by atoms with van der Waals surface area (Å²) in [7, 11) is 0. The largest absolute Gasteiger partial charge is 0.478 e. The third kappa shape index (κ3) is 3.49. The summed E-state index contributed by atoms with van der Waals surface area (Å²) >= 11 is 1.55. The van der Waals surface area contributed by atoms with E-state index in [1.807, 2.05) is 37.6 Å². The summed E-state index contributed by atoms with van der Waals surface area (Å²) < 4.78 is 2.07. The van der Waals surface area contributed by atoms with Crippen LogP contribution in [-0.4, -0.2) is 25.6 Å². The fourth-order valence-electron chi connectivity index (χ4n) is 2.80. The zero-order chi connectivity index (χ0) is 18.0. The number of aromatic nitrogens is 3. The Balaban J connectivity index is 2.02. The van der Waals surface area contributed by atoms with Crippen molar-refractivity contribution < 1.29 is 9.90 Å². The van der Waals surface area contributed by atoms with Gasteiger partial charge >= 0.3 is 5.97 Å². The Morgan fingerprint density at radius 2 is 2.12 bits per heavy atom. The SMILES string of the molecule is CCCCn1c(-c2csc(-c3ccc(C)nc3)n2)cc(C(=O)O)c1C. The second-order valence-corrected chi connectivity index (χ2v) is 6.92. The van der Waals surface area contributed by atoms with Gasteiger partial charge in [0.25, 0.3) is 0 Å². The van der Waals surface area contributed by atoms with Crippen LogP contribution >= 0.6 is 11.3 Å². The molecular weight excluding hydrogens is 334 g/mol. The van der Waals surface area contributed by atoms with Crippen molar-refractivity contribution in [3.05, 3.63) is 46.7 Å². The Morgan fingerprint density at radius 1 is 1.32 bits per heavy atom. The van der Waals surface area contributed by atoms with Crippen molar-refractivity contribution in [2.75, 3.05) is 0 Å². The lowest BCUT2D eigenvalue weighted by molar-refractivity contribution is 0.0696. The molecule has 0 aliphatic carbocycles. The average molecular weight is 355 g/mol. The number of unbranched alkanes of at least 4 members (excludes halogenated alkanes) is 1. The number of pyridine rings is 1. The number of carboxylic acid groups (broad SMARTS) is 1. The first-order chi connectivity index (χ1) is 12.0. The Morgan fingerprint density at radius 3 is 2.76 bits per heavy atom. The molecule has 5 nitrogen and oxygen atoms in total. The molecule has 0 fully saturated rings. The summed E-state index contributed by atoms with van der Waals surface area (Å²) in [6.07, 6.45) is 3.87. The average Bonchev–Trinajstić information content (AvgIpc) is 3.18. The Hall–Kier alpha value is -2.47. The van der Waals surface area contributed by atoms with Crippen LogP contribution in [0.2, 0.25) is 0 Å². The van der Waals surface area contributed by atoms with Crippen molar-refractivity contribution in [2.24, 2.45) is 0 Å². The third-order valence-corrected chi connectivity index (χ3v) is 5.15. The first-order valence-electron chi connectivity index (χ1n) is 8.33. The normalized spacial score (nSPS) is 11.0. The second-order valence-electron chi connectivity index (χ2n) is 6.07. The maximum absolute atomic E-state index is 11.5. The van der Waals surface area contributed by atoms with Crippen LogP contribution in [0, 0.1) is 13.8 Å². The summed E-state index contributed by atoms with van der Waals surface area (Å²) in [5.74, 6) is -0.896. The van der Waals surface area contributed by atoms with Crippen molar-refractivity contribution in [3.63, 3.8) is 0 Å². The first-order valence-corrected chi connectivity index (χ1v) is 9.21. The van der Waals surface area contributed by atoms with E-state index in [4.69, 9.17) is 4.98 Å². The molecule has 3 aromatic heterocycles. The van der Waals surface area contributed by atoms with Crippen LogP contribution in [-0.2, 0) is 6.54 Å². The highest BCUT2D eigenvalue weighted by Gasteiger charge is 2.19. The molecule has 6 heteroatoms. The summed E-state index contributed by atoms with van der Waals surface area (Å²) in [6, 6.07) is 5.71. The highest BCUT2D eigenvalue weighted by atomic mass is 32.1. The zero-order valence-electron chi connectivity index (χ0n) is 14.6. The summed E-state index contributed by atoms with van der Waals surface area (Å²) in [5, 5.41) is 12.3. The lowest BCUT2D eigenvalue weighted by Gasteiger charge is -2.09. The van der Waals surface area contributed by atoms with Crippen LogP contribution < -0.4 is 0 Å². The van der Waals surface area contributed by atoms with Crippen molar-refractivity contribution in [3.8, 4) is 22.0 Å². The lowest BCUT2D eigenvalue weighted by Crippen LogP contribution is -2.04. The van der Waals surface area contributed by atoms with Gasteiger partial charge in [0.1, 0.15) is 5.01 Å². The highest BCUT2D eigenvalue weighted by Crippen LogP contribution is 2.31. The fourth-order valence-corrected chi connectivity index (χ4v) is 3.60.